The molecule has 1 saturated heterocycles. The number of hydrogen-bond acceptors (Lipinski definition) is 6. The Kier molecular flexibility index (Phi) is 4.28. The molecule has 6 nitrogen and oxygen atoms in total. The summed E-state index contributed by atoms with van der Waals surface area (Å²) in [6.07, 6.45) is 0. The molecule has 2 N–H and O–H groups in total. The van der Waals surface area contributed by atoms with Crippen LogP contribution in [0.15, 0.2) is 0 Å². The van der Waals surface area contributed by atoms with Gasteiger partial charge in [0.1, 0.15) is 9.88 Å². The van der Waals surface area contributed by atoms with Crippen molar-refractivity contribution in [3.63, 3.8) is 0 Å². The normalized spacial score (nSPS) is 18.2. The highest BCUT2D eigenvalue weighted by atomic mass is 32.1. The van der Waals surface area contributed by atoms with Crippen LogP contribution in [0.1, 0.15) is 45.1 Å². The number of carboxylic acids is 1. The van der Waals surface area contributed by atoms with Crippen LogP contribution >= 0.6 is 11.3 Å². The molecule has 0 saturated carbocycles. The number of carbonyl (C=O) groups excluding carboxylic acids is 1. The second kappa shape index (κ2) is 5.77. The van der Waals surface area contributed by atoms with Crippen LogP contribution in [0.2, 0.25) is 0 Å². The second-order valence-electron chi connectivity index (χ2n) is 4.55. The monoisotopic (exact) mass is 283 g/mol. The number of Topliss-reactive ketones (excluding diaryl/α,β-unsaturated/α-hetero) is 1. The number of carboxylic acid groups (broad SMARTS) is 1. The number of thiazole rings is 1. The first-order valence-corrected chi connectivity index (χ1v) is 7.02. The third kappa shape index (κ3) is 2.99. The van der Waals surface area contributed by atoms with Gasteiger partial charge in [-0.05, 0) is 6.92 Å². The molecule has 7 heteroatoms. The van der Waals surface area contributed by atoms with Crippen LogP contribution in [0.5, 0.6) is 0 Å². The molecule has 0 bridgehead atoms. The van der Waals surface area contributed by atoms with Crippen molar-refractivity contribution in [3.05, 3.63) is 15.6 Å². The molecule has 2 heterocycles. The lowest BCUT2D eigenvalue weighted by Gasteiger charge is -2.31. The fourth-order valence-corrected chi connectivity index (χ4v) is 3.16. The SMILES string of the molecule is CC(=O)c1sc(C(C)N2CCNCC2)nc1C(=O)O. The molecule has 1 aliphatic rings. The molecule has 0 spiro atoms. The number of nitrogens with one attached hydrogen (secondary N) is 1. The first-order valence-electron chi connectivity index (χ1n) is 6.20. The van der Waals surface area contributed by atoms with Crippen molar-refractivity contribution in [2.75, 3.05) is 26.2 Å². The van der Waals surface area contributed by atoms with Crippen molar-refractivity contribution in [1.29, 1.82) is 0 Å². The minimum Gasteiger partial charge on any atom is -0.476 e. The molecule has 1 unspecified atom stereocenters. The molecule has 1 aromatic heterocycles. The smallest absolute Gasteiger partial charge is 0.356 e. The van der Waals surface area contributed by atoms with Crippen LogP contribution in [0.25, 0.3) is 0 Å². The van der Waals surface area contributed by atoms with Crippen molar-refractivity contribution < 1.29 is 14.7 Å². The molecule has 1 aliphatic heterocycles. The van der Waals surface area contributed by atoms with Crippen molar-refractivity contribution in [3.8, 4) is 0 Å². The average Bonchev–Trinajstić information content (AvgIpc) is 2.84. The van der Waals surface area contributed by atoms with Crippen molar-refractivity contribution in [2.45, 2.75) is 19.9 Å². The fraction of sp³-hybridized carbons (Fsp3) is 0.583. The van der Waals surface area contributed by atoms with Gasteiger partial charge in [-0.3, -0.25) is 9.69 Å². The van der Waals surface area contributed by atoms with Crippen LogP contribution in [0.4, 0.5) is 0 Å². The Bertz CT molecular complexity index is 463. The Hall–Kier alpha value is -1.31. The van der Waals surface area contributed by atoms with Gasteiger partial charge < -0.3 is 10.4 Å². The Morgan fingerprint density at radius 1 is 1.42 bits per heavy atom. The van der Waals surface area contributed by atoms with Crippen LogP contribution in [0, 0.1) is 0 Å². The minimum absolute atomic E-state index is 0.0401. The van der Waals surface area contributed by atoms with Crippen LogP contribution in [-0.2, 0) is 0 Å². The number of carbonyl (C=O) groups is 2. The van der Waals surface area contributed by atoms with Gasteiger partial charge in [0.15, 0.2) is 11.5 Å². The molecule has 1 aromatic rings. The molecular formula is C12H17N3O3S. The Labute approximate surface area is 115 Å². The molecule has 104 valence electrons. The molecule has 0 radical (unpaired) electrons. The van der Waals surface area contributed by atoms with Crippen molar-refractivity contribution in [2.24, 2.45) is 0 Å². The number of hydrogen-bond donors (Lipinski definition) is 2. The largest absolute Gasteiger partial charge is 0.476 e. The number of nitrogens with zero attached hydrogens (tertiary/aromatic N) is 2. The van der Waals surface area contributed by atoms with Crippen molar-refractivity contribution in [1.82, 2.24) is 15.2 Å². The Morgan fingerprint density at radius 3 is 2.53 bits per heavy atom. The van der Waals surface area contributed by atoms with E-state index >= 15 is 0 Å². The average molecular weight is 283 g/mol. The zero-order valence-electron chi connectivity index (χ0n) is 11.0. The summed E-state index contributed by atoms with van der Waals surface area (Å²) in [6.45, 7) is 7.01. The predicted octanol–water partition coefficient (Wildman–Crippen LogP) is 1.01. The Balaban J connectivity index is 2.26. The number of aromatic carboxylic acids is 1. The van der Waals surface area contributed by atoms with Gasteiger partial charge in [0.25, 0.3) is 0 Å². The molecule has 0 amide bonds. The van der Waals surface area contributed by atoms with Gasteiger partial charge in [0.05, 0.1) is 6.04 Å². The van der Waals surface area contributed by atoms with Gasteiger partial charge >= 0.3 is 5.97 Å². The zero-order valence-corrected chi connectivity index (χ0v) is 11.8. The van der Waals surface area contributed by atoms with Gasteiger partial charge in [0, 0.05) is 33.1 Å². The molecule has 2 rings (SSSR count). The fourth-order valence-electron chi connectivity index (χ4n) is 2.12. The zero-order chi connectivity index (χ0) is 14.0. The van der Waals surface area contributed by atoms with E-state index in [1.807, 2.05) is 6.92 Å². The molecule has 1 atom stereocenters. The molecule has 19 heavy (non-hydrogen) atoms. The van der Waals surface area contributed by atoms with Crippen molar-refractivity contribution >= 4 is 23.1 Å². The second-order valence-corrected chi connectivity index (χ2v) is 5.58. The molecule has 0 aliphatic carbocycles. The quantitative estimate of drug-likeness (QED) is 0.803. The van der Waals surface area contributed by atoms with E-state index in [1.54, 1.807) is 0 Å². The van der Waals surface area contributed by atoms with E-state index < -0.39 is 5.97 Å². The summed E-state index contributed by atoms with van der Waals surface area (Å²) in [4.78, 5) is 29.2. The van der Waals surface area contributed by atoms with Crippen LogP contribution in [-0.4, -0.2) is 52.9 Å². The third-order valence-electron chi connectivity index (χ3n) is 3.22. The molecule has 0 aromatic carbocycles. The summed E-state index contributed by atoms with van der Waals surface area (Å²) in [5, 5.41) is 13.1. The van der Waals surface area contributed by atoms with Gasteiger partial charge in [-0.25, -0.2) is 9.78 Å². The maximum absolute atomic E-state index is 11.5. The number of ketones is 1. The number of aromatic nitrogens is 1. The van der Waals surface area contributed by atoms with E-state index in [2.05, 4.69) is 15.2 Å². The summed E-state index contributed by atoms with van der Waals surface area (Å²) >= 11 is 1.19. The van der Waals surface area contributed by atoms with Gasteiger partial charge in [0.2, 0.25) is 0 Å². The van der Waals surface area contributed by atoms with Gasteiger partial charge in [-0.15, -0.1) is 11.3 Å². The summed E-state index contributed by atoms with van der Waals surface area (Å²) in [5.74, 6) is -1.38. The van der Waals surface area contributed by atoms with E-state index in [1.165, 1.54) is 18.3 Å². The van der Waals surface area contributed by atoms with Crippen LogP contribution in [0.3, 0.4) is 0 Å². The maximum Gasteiger partial charge on any atom is 0.356 e. The predicted molar refractivity (Wildman–Crippen MR) is 71.9 cm³/mol. The molecule has 1 fully saturated rings. The number of rotatable bonds is 4. The first kappa shape index (κ1) is 14.1. The van der Waals surface area contributed by atoms with E-state index in [9.17, 15) is 9.59 Å². The lowest BCUT2D eigenvalue weighted by molar-refractivity contribution is 0.0686. The standard InChI is InChI=1S/C12H17N3O3S/c1-7(15-5-3-13-4-6-15)11-14-9(12(17)18)10(19-11)8(2)16/h7,13H,3-6H2,1-2H3,(H,17,18). The lowest BCUT2D eigenvalue weighted by Crippen LogP contribution is -2.44. The van der Waals surface area contributed by atoms with E-state index in [4.69, 9.17) is 5.11 Å². The summed E-state index contributed by atoms with van der Waals surface area (Å²) < 4.78 is 0. The topological polar surface area (TPSA) is 82.5 Å². The summed E-state index contributed by atoms with van der Waals surface area (Å²) in [6, 6.07) is 0.0401. The van der Waals surface area contributed by atoms with Gasteiger partial charge in [-0.1, -0.05) is 0 Å². The highest BCUT2D eigenvalue weighted by Crippen LogP contribution is 2.28. The highest BCUT2D eigenvalue weighted by Gasteiger charge is 2.26. The number of piperazine rings is 1. The van der Waals surface area contributed by atoms with E-state index in [0.717, 1.165) is 26.2 Å². The maximum atomic E-state index is 11.5. The van der Waals surface area contributed by atoms with Crippen LogP contribution < -0.4 is 5.32 Å². The summed E-state index contributed by atoms with van der Waals surface area (Å²) in [5.41, 5.74) is -0.116. The molecular weight excluding hydrogens is 266 g/mol. The van der Waals surface area contributed by atoms with E-state index in [0.29, 0.717) is 5.01 Å². The first-order chi connectivity index (χ1) is 9.00. The minimum atomic E-state index is -1.14. The highest BCUT2D eigenvalue weighted by molar-refractivity contribution is 7.14. The third-order valence-corrected chi connectivity index (χ3v) is 4.55. The van der Waals surface area contributed by atoms with Gasteiger partial charge in [-0.2, -0.15) is 0 Å². The Morgan fingerprint density at radius 2 is 2.05 bits per heavy atom. The summed E-state index contributed by atoms with van der Waals surface area (Å²) in [7, 11) is 0. The lowest BCUT2D eigenvalue weighted by atomic mass is 10.2. The van der Waals surface area contributed by atoms with E-state index in [-0.39, 0.29) is 22.4 Å².